The molecule has 56 heavy (non-hydrogen) atoms. The van der Waals surface area contributed by atoms with E-state index in [4.69, 9.17) is 55.0 Å². The largest absolute Gasteiger partial charge is 1.00 e. The number of methoxy groups -OCH3 is 1. The topological polar surface area (TPSA) is 83.8 Å². The Morgan fingerprint density at radius 1 is 0.464 bits per heavy atom. The van der Waals surface area contributed by atoms with E-state index in [2.05, 4.69) is 57.2 Å². The SMILES string of the molecule is C#CC.CC#CC(=O)O.CC#CC(=O)OC.CO.S=S=S=S=S=S=S=S=S=S.S=S=S=S=S=S=S=S=S=S=S=S=S.S=S=S=S=S=S=S=S=S=S=S=S=S=S.[H-].[K+]. The van der Waals surface area contributed by atoms with Crippen molar-refractivity contribution in [1.82, 2.24) is 0 Å². The molecule has 0 aliphatic rings. The minimum Gasteiger partial charge on any atom is -1.00 e. The van der Waals surface area contributed by atoms with Gasteiger partial charge in [0, 0.05) is 361 Å². The number of hydrogen-bond donors (Lipinski definition) is 2. The Kier molecular flexibility index (Phi) is 133. The molecule has 0 bridgehead atoms. The maximum Gasteiger partial charge on any atom is 1.00 e. The summed E-state index contributed by atoms with van der Waals surface area (Å²) in [7, 11) is 53.0. The van der Waals surface area contributed by atoms with Gasteiger partial charge in [-0.3, -0.25) is 0 Å². The Morgan fingerprint density at radius 2 is 0.625 bits per heavy atom. The van der Waals surface area contributed by atoms with Gasteiger partial charge >= 0.3 is 63.3 Å². The smallest absolute Gasteiger partial charge is 1.00 e. The predicted octanol–water partition coefficient (Wildman–Crippen LogP) is -2.45. The second kappa shape index (κ2) is 92.6. The maximum absolute atomic E-state index is 10.0. The summed E-state index contributed by atoms with van der Waals surface area (Å²) in [4.78, 5) is 19.4. The summed E-state index contributed by atoms with van der Waals surface area (Å²) in [5, 5.41) is 14.7. The Morgan fingerprint density at radius 3 is 0.696 bits per heavy atom. The van der Waals surface area contributed by atoms with Crippen LogP contribution in [0.15, 0.2) is 0 Å². The van der Waals surface area contributed by atoms with Crippen molar-refractivity contribution in [2.75, 3.05) is 14.2 Å². The maximum atomic E-state index is 10.0. The Bertz CT molecular complexity index is 2600. The van der Waals surface area contributed by atoms with Gasteiger partial charge in [-0.15, -0.1) is 12.3 Å². The van der Waals surface area contributed by atoms with Crippen molar-refractivity contribution < 1.29 is 77.4 Å². The minimum atomic E-state index is -1.07. The van der Waals surface area contributed by atoms with Crippen LogP contribution in [0.5, 0.6) is 0 Å². The van der Waals surface area contributed by atoms with Crippen LogP contribution < -0.4 is 51.4 Å². The summed E-state index contributed by atoms with van der Waals surface area (Å²) < 4.78 is 4.18. The van der Waals surface area contributed by atoms with Gasteiger partial charge in [0.1, 0.15) is 0 Å². The molecule has 0 saturated heterocycles. The number of carbonyl (C=O) groups excluding carboxylic acids is 1. The van der Waals surface area contributed by atoms with Crippen LogP contribution in [-0.2, 0) is 357 Å². The van der Waals surface area contributed by atoms with Gasteiger partial charge in [-0.2, -0.15) is 0 Å². The summed E-state index contributed by atoms with van der Waals surface area (Å²) >= 11 is 28.1. The van der Waals surface area contributed by atoms with Crippen LogP contribution in [0.25, 0.3) is 0 Å². The van der Waals surface area contributed by atoms with Crippen LogP contribution >= 0.6 is 0 Å². The van der Waals surface area contributed by atoms with E-state index >= 15 is 0 Å². The number of aliphatic carboxylic acids is 1. The quantitative estimate of drug-likeness (QED) is 0.118. The van der Waals surface area contributed by atoms with E-state index in [-0.39, 0.29) is 52.8 Å². The monoisotopic (exact) mass is 1480 g/mol. The molecular weight excluding hydrogens is 1460 g/mol. The number of ether oxygens (including phenoxy) is 1. The van der Waals surface area contributed by atoms with E-state index in [9.17, 15) is 9.59 Å². The van der Waals surface area contributed by atoms with Crippen LogP contribution in [0.3, 0.4) is 0 Å². The molecule has 324 valence electrons. The molecule has 0 aliphatic carbocycles. The molecule has 0 aromatic carbocycles. The molecule has 43 heteroatoms. The van der Waals surface area contributed by atoms with Crippen LogP contribution in [-0.4, -0.2) is 36.4 Å². The molecule has 0 aliphatic heterocycles. The average Bonchev–Trinajstić information content (AvgIpc) is 3.18. The van der Waals surface area contributed by atoms with E-state index in [0.717, 1.165) is 7.11 Å². The molecule has 0 unspecified atom stereocenters. The van der Waals surface area contributed by atoms with E-state index in [0.29, 0.717) is 0 Å². The first-order valence-corrected chi connectivity index (χ1v) is 55.5. The Labute approximate surface area is 490 Å². The molecule has 0 aromatic heterocycles. The molecule has 2 N–H and O–H groups in total. The second-order valence-corrected chi connectivity index (χ2v) is 58.8. The van der Waals surface area contributed by atoms with Crippen LogP contribution in [0.4, 0.5) is 0 Å². The number of terminal acetylenes is 1. The fraction of sp³-hybridized carbons (Fsp3) is 0.385. The molecule has 5 nitrogen and oxygen atoms in total. The molecule has 0 saturated carbocycles. The number of carboxylic acid groups (broad SMARTS) is 1. The molecule has 0 amide bonds. The fourth-order valence-corrected chi connectivity index (χ4v) is 69.2. The van der Waals surface area contributed by atoms with Gasteiger partial charge in [-0.25, -0.2) is 9.59 Å². The summed E-state index contributed by atoms with van der Waals surface area (Å²) in [5.74, 6) is 9.36. The van der Waals surface area contributed by atoms with Gasteiger partial charge < -0.3 is 16.4 Å². The zero-order valence-electron chi connectivity index (χ0n) is 28.3. The molecule has 0 radical (unpaired) electrons. The summed E-state index contributed by atoms with van der Waals surface area (Å²) in [5.41, 5.74) is 0. The van der Waals surface area contributed by atoms with E-state index < -0.39 is 11.9 Å². The van der Waals surface area contributed by atoms with Gasteiger partial charge in [0.2, 0.25) is 0 Å². The van der Waals surface area contributed by atoms with Crippen molar-refractivity contribution in [2.24, 2.45) is 0 Å². The number of carbonyl (C=O) groups is 2. The molecule has 0 atom stereocenters. The van der Waals surface area contributed by atoms with Gasteiger partial charge in [-0.05, 0) is 20.8 Å². The molecular formula is C13H19KO5S37. The van der Waals surface area contributed by atoms with Crippen LogP contribution in [0.2, 0.25) is 0 Å². The Balaban J connectivity index is -0.0000000713. The van der Waals surface area contributed by atoms with E-state index in [1.165, 1.54) is 67.3 Å². The predicted molar refractivity (Wildman–Crippen MR) is 343 cm³/mol. The normalized spacial score (nSPS) is 6.23. The first kappa shape index (κ1) is 80.4. The van der Waals surface area contributed by atoms with Gasteiger partial charge in [0.05, 0.1) is 7.11 Å². The second-order valence-electron chi connectivity index (χ2n) is 3.94. The van der Waals surface area contributed by atoms with Crippen molar-refractivity contribution in [3.8, 4) is 36.0 Å². The zero-order valence-corrected chi connectivity index (χ0v) is 60.6. The Hall–Kier alpha value is 7.36. The van der Waals surface area contributed by atoms with E-state index in [1.807, 2.05) is 5.92 Å². The number of hydrogen-bond acceptors (Lipinski definition) is 10. The van der Waals surface area contributed by atoms with Crippen LogP contribution in [0, 0.1) is 36.0 Å². The number of esters is 1. The van der Waals surface area contributed by atoms with E-state index in [1.54, 1.807) is 236 Å². The van der Waals surface area contributed by atoms with Crippen LogP contribution in [0.1, 0.15) is 22.2 Å². The zero-order chi connectivity index (χ0) is 43.3. The van der Waals surface area contributed by atoms with Crippen molar-refractivity contribution in [3.05, 3.63) is 0 Å². The standard InChI is InChI=1S/C5H6O2.C4H4O2.C3H4.CH4O.K.S14.S13.S10.H/c1-3-4-5(6)7-2;1-2-3-4(5)6;1-3-2;1-2;;1-3-5-7-9-11-13-14-12-10-8-6-4-2;1-3-5-7-9-11-13-12-10-8-6-4-2;1-3-5-7-9-10-8-6-4-2;/h1-2H3;1H3,(H,5,6);1H,2H3;2H,1H3;;;;;/q;;;;+1;;;;-1. The third-order valence-electron chi connectivity index (χ3n) is 1.42. The molecule has 0 spiro atoms. The number of carboxylic acids is 1. The summed E-state index contributed by atoms with van der Waals surface area (Å²) in [6.45, 7) is 4.71. The number of aliphatic hydroxyl groups excluding tert-OH is 1. The van der Waals surface area contributed by atoms with Gasteiger partial charge in [0.25, 0.3) is 0 Å². The minimum absolute atomic E-state index is 0. The van der Waals surface area contributed by atoms with Crippen molar-refractivity contribution in [1.29, 1.82) is 0 Å². The third-order valence-corrected chi connectivity index (χ3v) is 63.6. The summed E-state index contributed by atoms with van der Waals surface area (Å²) in [6, 6.07) is 0. The molecule has 0 rings (SSSR count). The fourth-order valence-electron chi connectivity index (χ4n) is 0.544. The molecule has 0 heterocycles. The first-order valence-electron chi connectivity index (χ1n) is 10.1. The van der Waals surface area contributed by atoms with Crippen molar-refractivity contribution in [3.63, 3.8) is 0 Å². The first-order chi connectivity index (χ1) is 26.7. The van der Waals surface area contributed by atoms with Crippen molar-refractivity contribution >= 4 is 354 Å². The molecule has 0 fully saturated rings. The third kappa shape index (κ3) is 119. The van der Waals surface area contributed by atoms with Crippen molar-refractivity contribution in [2.45, 2.75) is 20.8 Å². The summed E-state index contributed by atoms with van der Waals surface area (Å²) in [6.07, 6.45) is 4.60. The molecule has 0 aromatic rings. The number of aliphatic hydroxyl groups is 1. The number of rotatable bonds is 0. The van der Waals surface area contributed by atoms with Gasteiger partial charge in [-0.1, -0.05) is 11.8 Å². The van der Waals surface area contributed by atoms with Gasteiger partial charge in [0.15, 0.2) is 0 Å². The average molecular weight is 1480 g/mol.